The Balaban J connectivity index is 4.05. The highest BCUT2D eigenvalue weighted by atomic mass is 16.2. The van der Waals surface area contributed by atoms with Crippen molar-refractivity contribution in [3.05, 3.63) is 0 Å². The maximum absolute atomic E-state index is 11.5. The Labute approximate surface area is 79.5 Å². The molecule has 0 aromatic rings. The lowest BCUT2D eigenvalue weighted by Gasteiger charge is -2.21. The summed E-state index contributed by atoms with van der Waals surface area (Å²) in [6, 6.07) is 1.45. The van der Waals surface area contributed by atoms with E-state index >= 15 is 0 Å². The zero-order chi connectivity index (χ0) is 10.4. The molecule has 0 saturated heterocycles. The fourth-order valence-corrected chi connectivity index (χ4v) is 0.970. The van der Waals surface area contributed by atoms with Crippen molar-refractivity contribution in [1.29, 1.82) is 5.26 Å². The van der Waals surface area contributed by atoms with Crippen LogP contribution in [0, 0.1) is 11.3 Å². The molecule has 0 aliphatic rings. The summed E-state index contributed by atoms with van der Waals surface area (Å²) in [4.78, 5) is 13.1. The summed E-state index contributed by atoms with van der Waals surface area (Å²) in [5, 5.41) is 11.4. The van der Waals surface area contributed by atoms with Crippen molar-refractivity contribution in [2.24, 2.45) is 0 Å². The van der Waals surface area contributed by atoms with Crippen molar-refractivity contribution >= 4 is 5.91 Å². The Morgan fingerprint density at radius 2 is 2.15 bits per heavy atom. The lowest BCUT2D eigenvalue weighted by Crippen LogP contribution is -2.45. The molecule has 74 valence electrons. The summed E-state index contributed by atoms with van der Waals surface area (Å²) in [6.07, 6.45) is 0. The number of carbonyl (C=O) groups is 1. The van der Waals surface area contributed by atoms with Crippen molar-refractivity contribution in [1.82, 2.24) is 10.2 Å². The normalized spacial score (nSPS) is 14.4. The Morgan fingerprint density at radius 1 is 1.62 bits per heavy atom. The van der Waals surface area contributed by atoms with Crippen LogP contribution in [0.3, 0.4) is 0 Å². The molecule has 0 radical (unpaired) electrons. The van der Waals surface area contributed by atoms with E-state index in [1.807, 2.05) is 13.0 Å². The van der Waals surface area contributed by atoms with E-state index in [2.05, 4.69) is 5.32 Å². The number of nitrogens with zero attached hydrogens (tertiary/aromatic N) is 2. The van der Waals surface area contributed by atoms with Crippen LogP contribution in [0.1, 0.15) is 20.8 Å². The third-order valence-corrected chi connectivity index (χ3v) is 1.91. The topological polar surface area (TPSA) is 56.1 Å². The first-order valence-corrected chi connectivity index (χ1v) is 4.43. The molecule has 0 saturated carbocycles. The number of likely N-dealkylation sites (N-methyl/N-ethyl adjacent to an activating group) is 1. The first-order valence-electron chi connectivity index (χ1n) is 4.43. The van der Waals surface area contributed by atoms with E-state index in [0.29, 0.717) is 6.54 Å². The molecule has 0 heterocycles. The van der Waals surface area contributed by atoms with E-state index in [-0.39, 0.29) is 18.0 Å². The molecular formula is C9H17N3O. The fraction of sp³-hybridized carbons (Fsp3) is 0.778. The Morgan fingerprint density at radius 3 is 2.54 bits per heavy atom. The Hall–Kier alpha value is -1.08. The highest BCUT2D eigenvalue weighted by molar-refractivity contribution is 5.81. The van der Waals surface area contributed by atoms with Gasteiger partial charge in [-0.3, -0.25) is 10.1 Å². The number of carbonyl (C=O) groups excluding carboxylic acids is 1. The van der Waals surface area contributed by atoms with Crippen LogP contribution >= 0.6 is 0 Å². The molecule has 1 N–H and O–H groups in total. The highest BCUT2D eigenvalue weighted by Gasteiger charge is 2.17. The standard InChI is InChI=1S/C9H17N3O/c1-5-12(4)9(13)8(3)11-7(2)6-10/h7-8,11H,5H2,1-4H3. The molecular weight excluding hydrogens is 166 g/mol. The van der Waals surface area contributed by atoms with Gasteiger partial charge in [0.1, 0.15) is 0 Å². The van der Waals surface area contributed by atoms with Gasteiger partial charge in [0.15, 0.2) is 0 Å². The quantitative estimate of drug-likeness (QED) is 0.684. The first kappa shape index (κ1) is 11.9. The molecule has 4 nitrogen and oxygen atoms in total. The predicted octanol–water partition coefficient (Wildman–Crippen LogP) is 0.355. The summed E-state index contributed by atoms with van der Waals surface area (Å²) in [5.74, 6) is 0.0181. The summed E-state index contributed by atoms with van der Waals surface area (Å²) >= 11 is 0. The van der Waals surface area contributed by atoms with E-state index in [1.165, 1.54) is 0 Å². The van der Waals surface area contributed by atoms with Gasteiger partial charge in [0.2, 0.25) is 5.91 Å². The number of nitrogens with one attached hydrogen (secondary N) is 1. The SMILES string of the molecule is CCN(C)C(=O)C(C)NC(C)C#N. The van der Waals surface area contributed by atoms with Crippen molar-refractivity contribution in [3.63, 3.8) is 0 Å². The Bertz CT molecular complexity index is 209. The number of amides is 1. The zero-order valence-corrected chi connectivity index (χ0v) is 8.66. The molecule has 0 aromatic heterocycles. The average Bonchev–Trinajstić information content (AvgIpc) is 2.14. The number of nitriles is 1. The average molecular weight is 183 g/mol. The fourth-order valence-electron chi connectivity index (χ4n) is 0.970. The van der Waals surface area contributed by atoms with Gasteiger partial charge in [0.25, 0.3) is 0 Å². The summed E-state index contributed by atoms with van der Waals surface area (Å²) in [6.45, 7) is 6.10. The molecule has 0 fully saturated rings. The molecule has 0 bridgehead atoms. The molecule has 0 aromatic carbocycles. The largest absolute Gasteiger partial charge is 0.345 e. The highest BCUT2D eigenvalue weighted by Crippen LogP contribution is 1.93. The van der Waals surface area contributed by atoms with Gasteiger partial charge in [-0.15, -0.1) is 0 Å². The second-order valence-electron chi connectivity index (χ2n) is 3.09. The molecule has 1 amide bonds. The van der Waals surface area contributed by atoms with Crippen LogP contribution < -0.4 is 5.32 Å². The van der Waals surface area contributed by atoms with Crippen molar-refractivity contribution in [3.8, 4) is 6.07 Å². The van der Waals surface area contributed by atoms with Crippen LogP contribution in [0.5, 0.6) is 0 Å². The summed E-state index contributed by atoms with van der Waals surface area (Å²) in [5.41, 5.74) is 0. The molecule has 2 unspecified atom stereocenters. The van der Waals surface area contributed by atoms with Gasteiger partial charge in [-0.1, -0.05) is 0 Å². The zero-order valence-electron chi connectivity index (χ0n) is 8.66. The van der Waals surface area contributed by atoms with Crippen molar-refractivity contribution in [2.45, 2.75) is 32.9 Å². The summed E-state index contributed by atoms with van der Waals surface area (Å²) in [7, 11) is 1.75. The van der Waals surface area contributed by atoms with Gasteiger partial charge in [-0.2, -0.15) is 5.26 Å². The molecule has 0 rings (SSSR count). The maximum atomic E-state index is 11.5. The monoisotopic (exact) mass is 183 g/mol. The van der Waals surface area contributed by atoms with Crippen LogP contribution in [0.25, 0.3) is 0 Å². The minimum absolute atomic E-state index is 0.0181. The van der Waals surface area contributed by atoms with Gasteiger partial charge in [-0.05, 0) is 20.8 Å². The van der Waals surface area contributed by atoms with E-state index < -0.39 is 0 Å². The van der Waals surface area contributed by atoms with E-state index in [9.17, 15) is 4.79 Å². The van der Waals surface area contributed by atoms with Gasteiger partial charge < -0.3 is 4.90 Å². The summed E-state index contributed by atoms with van der Waals surface area (Å²) < 4.78 is 0. The molecule has 0 aliphatic carbocycles. The Kier molecular flexibility index (Phi) is 5.09. The van der Waals surface area contributed by atoms with Gasteiger partial charge in [0.05, 0.1) is 18.2 Å². The van der Waals surface area contributed by atoms with Crippen LogP contribution in [0.15, 0.2) is 0 Å². The number of hydrogen-bond acceptors (Lipinski definition) is 3. The van der Waals surface area contributed by atoms with Crippen molar-refractivity contribution in [2.75, 3.05) is 13.6 Å². The third kappa shape index (κ3) is 3.90. The lowest BCUT2D eigenvalue weighted by atomic mass is 10.2. The second kappa shape index (κ2) is 5.55. The molecule has 13 heavy (non-hydrogen) atoms. The molecule has 0 spiro atoms. The number of rotatable bonds is 4. The molecule has 4 heteroatoms. The predicted molar refractivity (Wildman–Crippen MR) is 51.0 cm³/mol. The first-order chi connectivity index (χ1) is 6.02. The maximum Gasteiger partial charge on any atom is 0.239 e. The van der Waals surface area contributed by atoms with E-state index in [0.717, 1.165) is 0 Å². The van der Waals surface area contributed by atoms with Crippen molar-refractivity contribution < 1.29 is 4.79 Å². The van der Waals surface area contributed by atoms with Crippen LogP contribution in [-0.2, 0) is 4.79 Å². The third-order valence-electron chi connectivity index (χ3n) is 1.91. The van der Waals surface area contributed by atoms with Gasteiger partial charge >= 0.3 is 0 Å². The van der Waals surface area contributed by atoms with Gasteiger partial charge in [-0.25, -0.2) is 0 Å². The molecule has 2 atom stereocenters. The minimum Gasteiger partial charge on any atom is -0.345 e. The van der Waals surface area contributed by atoms with Crippen LogP contribution in [0.2, 0.25) is 0 Å². The molecule has 0 aliphatic heterocycles. The minimum atomic E-state index is -0.292. The van der Waals surface area contributed by atoms with Gasteiger partial charge in [0, 0.05) is 13.6 Å². The van der Waals surface area contributed by atoms with E-state index in [1.54, 1.807) is 25.8 Å². The number of hydrogen-bond donors (Lipinski definition) is 1. The lowest BCUT2D eigenvalue weighted by molar-refractivity contribution is -0.131. The second-order valence-corrected chi connectivity index (χ2v) is 3.09. The van der Waals surface area contributed by atoms with Crippen LogP contribution in [0.4, 0.5) is 0 Å². The smallest absolute Gasteiger partial charge is 0.239 e. The van der Waals surface area contributed by atoms with Crippen LogP contribution in [-0.4, -0.2) is 36.5 Å². The van der Waals surface area contributed by atoms with E-state index in [4.69, 9.17) is 5.26 Å².